The van der Waals surface area contributed by atoms with E-state index < -0.39 is 0 Å². The Morgan fingerprint density at radius 1 is 0.327 bits per heavy atom. The molecule has 1 atom stereocenters. The van der Waals surface area contributed by atoms with Gasteiger partial charge in [0, 0.05) is 88.6 Å². The van der Waals surface area contributed by atoms with Gasteiger partial charge >= 0.3 is 0 Å². The molecule has 19 rings (SSSR count). The lowest BCUT2D eigenvalue weighted by molar-refractivity contribution is 0.668. The number of nitrogens with one attached hydrogen (secondary N) is 1. The number of allylic oxidation sites excluding steroid dienone is 1. The van der Waals surface area contributed by atoms with E-state index in [0.717, 1.165) is 143 Å². The molecule has 0 bridgehead atoms. The highest BCUT2D eigenvalue weighted by Gasteiger charge is 2.24. The van der Waals surface area contributed by atoms with E-state index >= 15 is 0 Å². The number of aryl methyl sites for hydroxylation is 1. The normalized spacial score (nSPS) is 12.2. The molecule has 0 saturated heterocycles. The summed E-state index contributed by atoms with van der Waals surface area (Å²) >= 11 is 0. The minimum absolute atomic E-state index is 0.280. The van der Waals surface area contributed by atoms with Gasteiger partial charge in [0.05, 0.1) is 28.1 Å². The maximum Gasteiger partial charge on any atom is 0.238 e. The first-order valence-corrected chi connectivity index (χ1v) is 33.7. The molecule has 14 nitrogen and oxygen atoms in total. The number of para-hydroxylation sites is 2. The summed E-state index contributed by atoms with van der Waals surface area (Å²) < 4.78 is 17.6. The van der Waals surface area contributed by atoms with Gasteiger partial charge in [-0.3, -0.25) is 9.13 Å². The quantitative estimate of drug-likeness (QED) is 0.103. The van der Waals surface area contributed by atoms with Crippen LogP contribution in [0.2, 0.25) is 0 Å². The first-order valence-electron chi connectivity index (χ1n) is 33.7. The highest BCUT2D eigenvalue weighted by Crippen LogP contribution is 2.42. The molecule has 7 heterocycles. The largest absolute Gasteiger partial charge is 0.456 e. The molecule has 0 aliphatic heterocycles. The molecule has 1 N–H and O–H groups in total. The van der Waals surface area contributed by atoms with Crippen LogP contribution in [0.5, 0.6) is 0 Å². The van der Waals surface area contributed by atoms with Crippen molar-refractivity contribution in [3.05, 3.63) is 313 Å². The zero-order chi connectivity index (χ0) is 67.1. The summed E-state index contributed by atoms with van der Waals surface area (Å²) in [5.74, 6) is 4.85. The third kappa shape index (κ3) is 10.6. The second kappa shape index (κ2) is 24.2. The smallest absolute Gasteiger partial charge is 0.238 e. The van der Waals surface area contributed by atoms with Crippen molar-refractivity contribution >= 4 is 93.4 Å². The van der Waals surface area contributed by atoms with Gasteiger partial charge in [0.15, 0.2) is 34.9 Å². The standard InChI is InChI=1S/C87H58N12O2/c1-3-20-70(88-85-92-79(56-21-8-4-9-22-56)89-80(93-85)57-23-10-5-11-24-57)55-39-41-61(42-40-55)84-91-82(59-27-14-7-15-28-59)95-87(97-84)99-72-32-19-17-30-63(72)66-49-69-67-47-54(36-44-75(67)100-78(69)51-74(66)99)46-53-34-37-60(38-35-53)83-90-81(58-25-12-6-13-26-58)94-86(96-83)98-71-31-18-16-29-62(71)65-48-68-64-43-33-52(2)45-76(64)101-77(68)50-73(65)98/h3-45,47-51,70H,46H2,1-2H3,(H,88,89,92,93). The molecular weight excluding hydrogens is 1250 g/mol. The molecule has 7 aromatic heterocycles. The monoisotopic (exact) mass is 1300 g/mol. The fourth-order valence-corrected chi connectivity index (χ4v) is 14.1. The van der Waals surface area contributed by atoms with Crippen molar-refractivity contribution in [1.82, 2.24) is 54.0 Å². The van der Waals surface area contributed by atoms with Gasteiger partial charge in [-0.15, -0.1) is 0 Å². The number of benzene rings is 12. The lowest BCUT2D eigenvalue weighted by Gasteiger charge is -2.17. The van der Waals surface area contributed by atoms with Crippen molar-refractivity contribution in [1.29, 1.82) is 0 Å². The van der Waals surface area contributed by atoms with Gasteiger partial charge < -0.3 is 14.2 Å². The maximum absolute atomic E-state index is 6.79. The topological polar surface area (TPSA) is 164 Å². The van der Waals surface area contributed by atoms with Gasteiger partial charge in [0.25, 0.3) is 0 Å². The summed E-state index contributed by atoms with van der Waals surface area (Å²) in [5, 5.41) is 12.1. The number of hydrogen-bond donors (Lipinski definition) is 1. The SMILES string of the molecule is CC=CC(Nc1nc(-c2ccccc2)nc(-c2ccccc2)n1)c1ccc(-c2nc(-c3ccccc3)nc(-n3c4ccccc4c4cc5c(cc43)oc3ccc(Cc4ccc(-c6nc(-c7ccccc7)nc(-n7c8ccccc8c8cc9c(cc87)oc7cc(C)ccc79)n6)cc4)cc35)n2)cc1. The number of aromatic nitrogens is 11. The average molecular weight is 1300 g/mol. The van der Waals surface area contributed by atoms with Gasteiger partial charge in [-0.25, -0.2) is 15.0 Å². The lowest BCUT2D eigenvalue weighted by atomic mass is 10.0. The molecule has 0 radical (unpaired) electrons. The summed E-state index contributed by atoms with van der Waals surface area (Å²) in [4.78, 5) is 46.2. The minimum atomic E-state index is -0.280. The van der Waals surface area contributed by atoms with Gasteiger partial charge in [0.2, 0.25) is 17.8 Å². The second-order valence-electron chi connectivity index (χ2n) is 25.4. The molecule has 19 aromatic rings. The van der Waals surface area contributed by atoms with E-state index in [1.807, 2.05) is 134 Å². The molecule has 14 heteroatoms. The lowest BCUT2D eigenvalue weighted by Crippen LogP contribution is -2.12. The number of anilines is 1. The number of rotatable bonds is 14. The Morgan fingerprint density at radius 2 is 0.733 bits per heavy atom. The van der Waals surface area contributed by atoms with Gasteiger partial charge in [0.1, 0.15) is 22.3 Å². The number of fused-ring (bicyclic) bond motifs is 12. The molecule has 0 saturated carbocycles. The molecular formula is C87H58N12O2. The number of hydrogen-bond acceptors (Lipinski definition) is 12. The number of furan rings is 2. The van der Waals surface area contributed by atoms with Crippen molar-refractivity contribution < 1.29 is 8.83 Å². The van der Waals surface area contributed by atoms with Crippen molar-refractivity contribution in [3.8, 4) is 80.2 Å². The van der Waals surface area contributed by atoms with Crippen molar-refractivity contribution in [2.75, 3.05) is 5.32 Å². The van der Waals surface area contributed by atoms with Crippen LogP contribution in [0.3, 0.4) is 0 Å². The molecule has 0 spiro atoms. The van der Waals surface area contributed by atoms with E-state index in [-0.39, 0.29) is 6.04 Å². The van der Waals surface area contributed by atoms with Crippen LogP contribution in [0, 0.1) is 6.92 Å². The maximum atomic E-state index is 6.79. The fourth-order valence-electron chi connectivity index (χ4n) is 14.1. The van der Waals surface area contributed by atoms with E-state index in [9.17, 15) is 0 Å². The van der Waals surface area contributed by atoms with Crippen LogP contribution in [0.4, 0.5) is 5.95 Å². The molecule has 0 aliphatic rings. The summed E-state index contributed by atoms with van der Waals surface area (Å²) in [7, 11) is 0. The van der Waals surface area contributed by atoms with Crippen molar-refractivity contribution in [2.24, 2.45) is 0 Å². The minimum Gasteiger partial charge on any atom is -0.456 e. The second-order valence-corrected chi connectivity index (χ2v) is 25.4. The van der Waals surface area contributed by atoms with Crippen LogP contribution in [0.15, 0.2) is 300 Å². The third-order valence-corrected chi connectivity index (χ3v) is 19.0. The van der Waals surface area contributed by atoms with Crippen molar-refractivity contribution in [3.63, 3.8) is 0 Å². The van der Waals surface area contributed by atoms with Gasteiger partial charge in [-0.2, -0.15) is 29.9 Å². The molecule has 478 valence electrons. The number of nitrogens with zero attached hydrogens (tertiary/aromatic N) is 11. The van der Waals surface area contributed by atoms with E-state index in [0.29, 0.717) is 59.2 Å². The zero-order valence-electron chi connectivity index (χ0n) is 54.7. The van der Waals surface area contributed by atoms with E-state index in [2.05, 4.69) is 185 Å². The van der Waals surface area contributed by atoms with E-state index in [1.165, 1.54) is 0 Å². The van der Waals surface area contributed by atoms with Crippen LogP contribution in [-0.4, -0.2) is 54.0 Å². The molecule has 0 aliphatic carbocycles. The summed E-state index contributed by atoms with van der Waals surface area (Å²) in [6.45, 7) is 4.10. The Hall–Kier alpha value is -13.6. The van der Waals surface area contributed by atoms with Crippen LogP contribution >= 0.6 is 0 Å². The van der Waals surface area contributed by atoms with Crippen LogP contribution < -0.4 is 5.32 Å². The van der Waals surface area contributed by atoms with Gasteiger partial charge in [-0.1, -0.05) is 237 Å². The molecule has 12 aromatic carbocycles. The first kappa shape index (κ1) is 58.7. The van der Waals surface area contributed by atoms with E-state index in [1.54, 1.807) is 0 Å². The first-order chi connectivity index (χ1) is 49.8. The molecule has 1 unspecified atom stereocenters. The predicted octanol–water partition coefficient (Wildman–Crippen LogP) is 20.9. The van der Waals surface area contributed by atoms with Crippen LogP contribution in [-0.2, 0) is 6.42 Å². The Morgan fingerprint density at radius 3 is 1.23 bits per heavy atom. The predicted molar refractivity (Wildman–Crippen MR) is 404 cm³/mol. The highest BCUT2D eigenvalue weighted by atomic mass is 16.3. The molecule has 0 fully saturated rings. The van der Waals surface area contributed by atoms with Gasteiger partial charge in [-0.05, 0) is 85.0 Å². The zero-order valence-corrected chi connectivity index (χ0v) is 54.7. The summed E-state index contributed by atoms with van der Waals surface area (Å²) in [6, 6.07) is 95.3. The Balaban J connectivity index is 0.649. The Labute approximate surface area is 578 Å². The average Bonchev–Trinajstić information content (AvgIpc) is 1.58. The summed E-state index contributed by atoms with van der Waals surface area (Å²) in [5.41, 5.74) is 16.7. The molecule has 101 heavy (non-hydrogen) atoms. The van der Waals surface area contributed by atoms with Crippen LogP contribution in [0.1, 0.15) is 35.2 Å². The Bertz CT molecular complexity index is 6410. The third-order valence-electron chi connectivity index (χ3n) is 19.0. The molecule has 0 amide bonds. The van der Waals surface area contributed by atoms with Crippen molar-refractivity contribution in [2.45, 2.75) is 26.3 Å². The van der Waals surface area contributed by atoms with E-state index in [4.69, 9.17) is 53.7 Å². The summed E-state index contributed by atoms with van der Waals surface area (Å²) in [6.07, 6.45) is 4.82. The highest BCUT2D eigenvalue weighted by molar-refractivity contribution is 6.19. The fraction of sp³-hybridized carbons (Fsp3) is 0.0460. The Kier molecular flexibility index (Phi) is 14.1. The van der Waals surface area contributed by atoms with Crippen LogP contribution in [0.25, 0.3) is 168 Å².